The van der Waals surface area contributed by atoms with Crippen LogP contribution in [-0.4, -0.2) is 29.8 Å². The highest BCUT2D eigenvalue weighted by Gasteiger charge is 2.39. The summed E-state index contributed by atoms with van der Waals surface area (Å²) in [4.78, 5) is 12.9. The van der Waals surface area contributed by atoms with Gasteiger partial charge in [0.15, 0.2) is 0 Å². The van der Waals surface area contributed by atoms with Crippen LogP contribution in [0.15, 0.2) is 52.9 Å². The topological polar surface area (TPSA) is 71.7 Å². The Bertz CT molecular complexity index is 951. The minimum absolute atomic E-state index is 0.0381. The summed E-state index contributed by atoms with van der Waals surface area (Å²) in [6, 6.07) is 15.2. The summed E-state index contributed by atoms with van der Waals surface area (Å²) in [5.74, 6) is 0.693. The number of hydrogen-bond acceptors (Lipinski definition) is 4. The summed E-state index contributed by atoms with van der Waals surface area (Å²) in [7, 11) is 1.60. The monoisotopic (exact) mass is 351 g/mol. The van der Waals surface area contributed by atoms with Gasteiger partial charge in [0.1, 0.15) is 11.3 Å². The largest absolute Gasteiger partial charge is 0.497 e. The van der Waals surface area contributed by atoms with Gasteiger partial charge in [-0.05, 0) is 37.5 Å². The van der Waals surface area contributed by atoms with E-state index in [-0.39, 0.29) is 17.7 Å². The Kier molecular flexibility index (Phi) is 3.96. The summed E-state index contributed by atoms with van der Waals surface area (Å²) in [5.41, 5.74) is 1.60. The van der Waals surface area contributed by atoms with Gasteiger partial charge in [-0.3, -0.25) is 4.79 Å². The number of nitrogens with one attached hydrogen (secondary N) is 1. The van der Waals surface area contributed by atoms with Crippen molar-refractivity contribution in [1.29, 1.82) is 0 Å². The number of methoxy groups -OCH3 is 1. The van der Waals surface area contributed by atoms with Gasteiger partial charge in [-0.1, -0.05) is 30.3 Å². The summed E-state index contributed by atoms with van der Waals surface area (Å²) in [5, 5.41) is 13.7. The molecule has 0 unspecified atom stereocenters. The average molecular weight is 351 g/mol. The van der Waals surface area contributed by atoms with Crippen LogP contribution < -0.4 is 10.1 Å². The van der Waals surface area contributed by atoms with Crippen molar-refractivity contribution in [1.82, 2.24) is 5.32 Å². The fourth-order valence-corrected chi connectivity index (χ4v) is 3.61. The molecule has 1 saturated carbocycles. The molecule has 0 aliphatic heterocycles. The third-order valence-electron chi connectivity index (χ3n) is 4.87. The molecule has 5 heteroatoms. The molecule has 5 nitrogen and oxygen atoms in total. The van der Waals surface area contributed by atoms with Crippen molar-refractivity contribution < 1.29 is 19.1 Å². The molecule has 0 atom stereocenters. The molecule has 1 amide bonds. The number of furan rings is 1. The minimum atomic E-state index is -0.693. The van der Waals surface area contributed by atoms with Crippen molar-refractivity contribution >= 4 is 16.9 Å². The van der Waals surface area contributed by atoms with E-state index in [1.165, 1.54) is 0 Å². The first-order valence-electron chi connectivity index (χ1n) is 8.66. The Balaban J connectivity index is 1.76. The first-order chi connectivity index (χ1) is 12.5. The van der Waals surface area contributed by atoms with Gasteiger partial charge in [-0.25, -0.2) is 0 Å². The lowest BCUT2D eigenvalue weighted by Crippen LogP contribution is -2.53. The Morgan fingerprint density at radius 2 is 1.96 bits per heavy atom. The van der Waals surface area contributed by atoms with Gasteiger partial charge in [0.2, 0.25) is 5.76 Å². The van der Waals surface area contributed by atoms with Crippen LogP contribution in [0.5, 0.6) is 5.75 Å². The Morgan fingerprint density at radius 1 is 1.23 bits per heavy atom. The Hall–Kier alpha value is -2.79. The van der Waals surface area contributed by atoms with Crippen LogP contribution in [0.3, 0.4) is 0 Å². The number of benzene rings is 2. The minimum Gasteiger partial charge on any atom is -0.497 e. The van der Waals surface area contributed by atoms with Crippen LogP contribution in [0.2, 0.25) is 0 Å². The predicted molar refractivity (Wildman–Crippen MR) is 99.3 cm³/mol. The van der Waals surface area contributed by atoms with E-state index in [0.29, 0.717) is 24.2 Å². The molecule has 1 aliphatic carbocycles. The van der Waals surface area contributed by atoms with E-state index in [9.17, 15) is 9.90 Å². The van der Waals surface area contributed by atoms with E-state index < -0.39 is 5.60 Å². The standard InChI is InChI=1S/C21H21NO4/c1-21(24)11-14(12-21)22-20(23)19-18(13-6-4-3-5-7-13)16-9-8-15(25-2)10-17(16)26-19/h3-10,14,24H,11-12H2,1-2H3,(H,22,23). The van der Waals surface area contributed by atoms with E-state index in [2.05, 4.69) is 5.32 Å². The zero-order valence-electron chi connectivity index (χ0n) is 14.8. The summed E-state index contributed by atoms with van der Waals surface area (Å²) in [6.45, 7) is 1.78. The Labute approximate surface area is 151 Å². The Morgan fingerprint density at radius 3 is 2.62 bits per heavy atom. The molecule has 0 saturated heterocycles. The van der Waals surface area contributed by atoms with Crippen LogP contribution in [0.4, 0.5) is 0 Å². The highest BCUT2D eigenvalue weighted by Crippen LogP contribution is 2.37. The second-order valence-corrected chi connectivity index (χ2v) is 7.11. The van der Waals surface area contributed by atoms with Crippen molar-refractivity contribution in [2.75, 3.05) is 7.11 Å². The molecule has 2 N–H and O–H groups in total. The van der Waals surface area contributed by atoms with Crippen LogP contribution in [-0.2, 0) is 0 Å². The van der Waals surface area contributed by atoms with Gasteiger partial charge >= 0.3 is 0 Å². The first-order valence-corrected chi connectivity index (χ1v) is 8.66. The zero-order valence-corrected chi connectivity index (χ0v) is 14.8. The molecule has 0 bridgehead atoms. The van der Waals surface area contributed by atoms with Crippen molar-refractivity contribution in [2.24, 2.45) is 0 Å². The summed E-state index contributed by atoms with van der Waals surface area (Å²) in [6.07, 6.45) is 1.10. The van der Waals surface area contributed by atoms with Gasteiger partial charge in [-0.15, -0.1) is 0 Å². The molecule has 1 aromatic heterocycles. The highest BCUT2D eigenvalue weighted by atomic mass is 16.5. The summed E-state index contributed by atoms with van der Waals surface area (Å²) < 4.78 is 11.2. The van der Waals surface area contributed by atoms with Crippen LogP contribution >= 0.6 is 0 Å². The third-order valence-corrected chi connectivity index (χ3v) is 4.87. The van der Waals surface area contributed by atoms with Crippen LogP contribution in [0, 0.1) is 0 Å². The average Bonchev–Trinajstić information content (AvgIpc) is 2.99. The van der Waals surface area contributed by atoms with E-state index in [1.807, 2.05) is 42.5 Å². The lowest BCUT2D eigenvalue weighted by Gasteiger charge is -2.41. The molecule has 26 heavy (non-hydrogen) atoms. The molecule has 0 radical (unpaired) electrons. The molecule has 1 heterocycles. The number of fused-ring (bicyclic) bond motifs is 1. The molecule has 0 spiro atoms. The van der Waals surface area contributed by atoms with E-state index in [0.717, 1.165) is 16.5 Å². The SMILES string of the molecule is COc1ccc2c(-c3ccccc3)c(C(=O)NC3CC(C)(O)C3)oc2c1. The molecule has 1 fully saturated rings. The number of ether oxygens (including phenoxy) is 1. The van der Waals surface area contributed by atoms with Crippen molar-refractivity contribution in [2.45, 2.75) is 31.4 Å². The highest BCUT2D eigenvalue weighted by molar-refractivity contribution is 6.08. The summed E-state index contributed by atoms with van der Waals surface area (Å²) >= 11 is 0. The van der Waals surface area contributed by atoms with Gasteiger partial charge in [0.05, 0.1) is 12.7 Å². The maximum absolute atomic E-state index is 12.9. The van der Waals surface area contributed by atoms with E-state index in [4.69, 9.17) is 9.15 Å². The molecular weight excluding hydrogens is 330 g/mol. The van der Waals surface area contributed by atoms with E-state index >= 15 is 0 Å². The second kappa shape index (κ2) is 6.18. The molecule has 134 valence electrons. The molecular formula is C21H21NO4. The number of amides is 1. The predicted octanol–water partition coefficient (Wildman–Crippen LogP) is 3.75. The number of carbonyl (C=O) groups is 1. The van der Waals surface area contributed by atoms with Crippen molar-refractivity contribution in [3.8, 4) is 16.9 Å². The number of carbonyl (C=O) groups excluding carboxylic acids is 1. The van der Waals surface area contributed by atoms with Gasteiger partial charge in [-0.2, -0.15) is 0 Å². The van der Waals surface area contributed by atoms with Gasteiger partial charge in [0, 0.05) is 23.1 Å². The quantitative estimate of drug-likeness (QED) is 0.751. The van der Waals surface area contributed by atoms with Gasteiger partial charge < -0.3 is 19.6 Å². The molecule has 2 aromatic carbocycles. The first kappa shape index (κ1) is 16.7. The lowest BCUT2D eigenvalue weighted by atomic mass is 9.77. The lowest BCUT2D eigenvalue weighted by molar-refractivity contribution is -0.0368. The molecule has 4 rings (SSSR count). The number of rotatable bonds is 4. The maximum atomic E-state index is 12.9. The van der Waals surface area contributed by atoms with E-state index in [1.54, 1.807) is 20.1 Å². The molecule has 1 aliphatic rings. The van der Waals surface area contributed by atoms with Crippen LogP contribution in [0.1, 0.15) is 30.3 Å². The van der Waals surface area contributed by atoms with Crippen molar-refractivity contribution in [3.63, 3.8) is 0 Å². The smallest absolute Gasteiger partial charge is 0.287 e. The normalized spacial score (nSPS) is 22.0. The fourth-order valence-electron chi connectivity index (χ4n) is 3.61. The zero-order chi connectivity index (χ0) is 18.3. The van der Waals surface area contributed by atoms with Crippen LogP contribution in [0.25, 0.3) is 22.1 Å². The third kappa shape index (κ3) is 2.95. The number of hydrogen-bond donors (Lipinski definition) is 2. The fraction of sp³-hybridized carbons (Fsp3) is 0.286. The second-order valence-electron chi connectivity index (χ2n) is 7.11. The van der Waals surface area contributed by atoms with Crippen molar-refractivity contribution in [3.05, 3.63) is 54.3 Å². The maximum Gasteiger partial charge on any atom is 0.287 e. The molecule has 3 aromatic rings. The van der Waals surface area contributed by atoms with Gasteiger partial charge in [0.25, 0.3) is 5.91 Å². The number of aliphatic hydroxyl groups is 1.